The molecule has 5 heteroatoms. The maximum absolute atomic E-state index is 12.4. The van der Waals surface area contributed by atoms with Gasteiger partial charge in [-0.05, 0) is 24.8 Å². The van der Waals surface area contributed by atoms with Crippen molar-refractivity contribution < 1.29 is 14.3 Å². The monoisotopic (exact) mass is 304 g/mol. The van der Waals surface area contributed by atoms with Gasteiger partial charge >= 0.3 is 5.97 Å². The van der Waals surface area contributed by atoms with E-state index in [1.165, 1.54) is 7.11 Å². The van der Waals surface area contributed by atoms with Crippen LogP contribution in [0.3, 0.4) is 0 Å². The van der Waals surface area contributed by atoms with Crippen molar-refractivity contribution >= 4 is 11.9 Å². The lowest BCUT2D eigenvalue weighted by atomic mass is 9.81. The average Bonchev–Trinajstić information content (AvgIpc) is 2.55. The molecular weight excluding hydrogens is 280 g/mol. The molecule has 0 radical (unpaired) electrons. The Morgan fingerprint density at radius 1 is 1.23 bits per heavy atom. The molecule has 22 heavy (non-hydrogen) atoms. The molecule has 5 nitrogen and oxygen atoms in total. The SMILES string of the molecule is COC(=O)C1(NC(=O)[C@@H](N)Cc2ccccc2)CCCCC1. The number of hydrogen-bond donors (Lipinski definition) is 2. The van der Waals surface area contributed by atoms with Gasteiger partial charge in [0.1, 0.15) is 5.54 Å². The molecule has 1 saturated carbocycles. The Kier molecular flexibility index (Phi) is 5.55. The van der Waals surface area contributed by atoms with E-state index in [0.717, 1.165) is 24.8 Å². The number of methoxy groups -OCH3 is 1. The summed E-state index contributed by atoms with van der Waals surface area (Å²) >= 11 is 0. The highest BCUT2D eigenvalue weighted by Gasteiger charge is 2.42. The van der Waals surface area contributed by atoms with E-state index in [2.05, 4.69) is 5.32 Å². The van der Waals surface area contributed by atoms with Gasteiger partial charge in [0.15, 0.2) is 0 Å². The van der Waals surface area contributed by atoms with Gasteiger partial charge in [0.05, 0.1) is 13.2 Å². The molecule has 1 atom stereocenters. The first-order valence-electron chi connectivity index (χ1n) is 7.77. The lowest BCUT2D eigenvalue weighted by Gasteiger charge is -2.36. The molecule has 1 aromatic carbocycles. The highest BCUT2D eigenvalue weighted by Crippen LogP contribution is 2.29. The number of ether oxygens (including phenoxy) is 1. The van der Waals surface area contributed by atoms with E-state index in [1.54, 1.807) is 0 Å². The van der Waals surface area contributed by atoms with Crippen LogP contribution in [-0.2, 0) is 20.7 Å². The second-order valence-corrected chi connectivity index (χ2v) is 5.92. The molecule has 0 aromatic heterocycles. The van der Waals surface area contributed by atoms with Crippen LogP contribution in [0.25, 0.3) is 0 Å². The lowest BCUT2D eigenvalue weighted by Crippen LogP contribution is -2.59. The molecule has 0 bridgehead atoms. The standard InChI is InChI=1S/C17H24N2O3/c1-22-16(21)17(10-6-3-7-11-17)19-15(20)14(18)12-13-8-4-2-5-9-13/h2,4-5,8-9,14H,3,6-7,10-12,18H2,1H3,(H,19,20)/t14-/m0/s1. The summed E-state index contributed by atoms with van der Waals surface area (Å²) in [6.45, 7) is 0. The predicted molar refractivity (Wildman–Crippen MR) is 84.1 cm³/mol. The summed E-state index contributed by atoms with van der Waals surface area (Å²) in [4.78, 5) is 24.5. The van der Waals surface area contributed by atoms with E-state index in [1.807, 2.05) is 30.3 Å². The minimum absolute atomic E-state index is 0.295. The van der Waals surface area contributed by atoms with Crippen molar-refractivity contribution in [1.29, 1.82) is 0 Å². The van der Waals surface area contributed by atoms with Crippen molar-refractivity contribution in [2.75, 3.05) is 7.11 Å². The molecule has 0 saturated heterocycles. The van der Waals surface area contributed by atoms with Crippen LogP contribution in [0.2, 0.25) is 0 Å². The van der Waals surface area contributed by atoms with E-state index in [9.17, 15) is 9.59 Å². The molecule has 2 rings (SSSR count). The first-order chi connectivity index (χ1) is 10.6. The quantitative estimate of drug-likeness (QED) is 0.809. The van der Waals surface area contributed by atoms with Crippen molar-refractivity contribution in [1.82, 2.24) is 5.32 Å². The second kappa shape index (κ2) is 7.40. The summed E-state index contributed by atoms with van der Waals surface area (Å²) in [5.74, 6) is -0.663. The van der Waals surface area contributed by atoms with Crippen molar-refractivity contribution in [3.05, 3.63) is 35.9 Å². The molecule has 0 spiro atoms. The molecule has 3 N–H and O–H groups in total. The maximum Gasteiger partial charge on any atom is 0.331 e. The van der Waals surface area contributed by atoms with Gasteiger partial charge < -0.3 is 15.8 Å². The minimum Gasteiger partial charge on any atom is -0.467 e. The zero-order chi connectivity index (χ0) is 16.0. The highest BCUT2D eigenvalue weighted by atomic mass is 16.5. The van der Waals surface area contributed by atoms with E-state index in [4.69, 9.17) is 10.5 Å². The summed E-state index contributed by atoms with van der Waals surface area (Å²) in [6, 6.07) is 8.94. The van der Waals surface area contributed by atoms with Crippen LogP contribution in [0.1, 0.15) is 37.7 Å². The normalized spacial score (nSPS) is 18.3. The van der Waals surface area contributed by atoms with Crippen molar-refractivity contribution in [3.8, 4) is 0 Å². The molecule has 1 amide bonds. The van der Waals surface area contributed by atoms with Gasteiger partial charge in [0, 0.05) is 0 Å². The lowest BCUT2D eigenvalue weighted by molar-refractivity contribution is -0.152. The average molecular weight is 304 g/mol. The van der Waals surface area contributed by atoms with Crippen LogP contribution in [0, 0.1) is 0 Å². The molecule has 0 unspecified atom stereocenters. The Balaban J connectivity index is 2.02. The first kappa shape index (κ1) is 16.5. The Morgan fingerprint density at radius 2 is 1.86 bits per heavy atom. The molecule has 1 aliphatic rings. The first-order valence-corrected chi connectivity index (χ1v) is 7.77. The van der Waals surface area contributed by atoms with E-state index in [0.29, 0.717) is 19.3 Å². The van der Waals surface area contributed by atoms with Crippen LogP contribution in [0.15, 0.2) is 30.3 Å². The molecule has 0 aliphatic heterocycles. The highest BCUT2D eigenvalue weighted by molar-refractivity contribution is 5.90. The fourth-order valence-corrected chi connectivity index (χ4v) is 3.02. The van der Waals surface area contributed by atoms with Gasteiger partial charge in [-0.3, -0.25) is 4.79 Å². The maximum atomic E-state index is 12.4. The number of rotatable bonds is 5. The molecule has 1 aliphatic carbocycles. The van der Waals surface area contributed by atoms with E-state index in [-0.39, 0.29) is 11.9 Å². The smallest absolute Gasteiger partial charge is 0.331 e. The van der Waals surface area contributed by atoms with Gasteiger partial charge in [-0.1, -0.05) is 49.6 Å². The summed E-state index contributed by atoms with van der Waals surface area (Å²) in [7, 11) is 1.36. The summed E-state index contributed by atoms with van der Waals surface area (Å²) in [6.07, 6.45) is 4.56. The third-order valence-corrected chi connectivity index (χ3v) is 4.28. The number of carbonyl (C=O) groups is 2. The van der Waals surface area contributed by atoms with Crippen molar-refractivity contribution in [3.63, 3.8) is 0 Å². The van der Waals surface area contributed by atoms with Crippen LogP contribution in [0.5, 0.6) is 0 Å². The Morgan fingerprint density at radius 3 is 2.45 bits per heavy atom. The van der Waals surface area contributed by atoms with Crippen LogP contribution >= 0.6 is 0 Å². The fraction of sp³-hybridized carbons (Fsp3) is 0.529. The van der Waals surface area contributed by atoms with Gasteiger partial charge in [0.2, 0.25) is 5.91 Å². The zero-order valence-corrected chi connectivity index (χ0v) is 13.0. The van der Waals surface area contributed by atoms with Gasteiger partial charge in [-0.25, -0.2) is 4.79 Å². The van der Waals surface area contributed by atoms with E-state index >= 15 is 0 Å². The molecule has 1 fully saturated rings. The second-order valence-electron chi connectivity index (χ2n) is 5.92. The number of nitrogens with two attached hydrogens (primary N) is 1. The Labute approximate surface area is 131 Å². The third kappa shape index (κ3) is 3.85. The van der Waals surface area contributed by atoms with E-state index < -0.39 is 11.6 Å². The minimum atomic E-state index is -0.904. The van der Waals surface area contributed by atoms with Gasteiger partial charge in [0.25, 0.3) is 0 Å². The van der Waals surface area contributed by atoms with Crippen LogP contribution in [-0.4, -0.2) is 30.6 Å². The summed E-state index contributed by atoms with van der Waals surface area (Å²) in [5, 5.41) is 2.86. The molecular formula is C17H24N2O3. The predicted octanol–water partition coefficient (Wildman–Crippen LogP) is 1.55. The van der Waals surface area contributed by atoms with Gasteiger partial charge in [-0.2, -0.15) is 0 Å². The molecule has 120 valence electrons. The number of esters is 1. The van der Waals surface area contributed by atoms with Crippen molar-refractivity contribution in [2.24, 2.45) is 5.73 Å². The zero-order valence-electron chi connectivity index (χ0n) is 13.0. The molecule has 1 aromatic rings. The van der Waals surface area contributed by atoms with Crippen LogP contribution < -0.4 is 11.1 Å². The number of amides is 1. The largest absolute Gasteiger partial charge is 0.467 e. The van der Waals surface area contributed by atoms with Gasteiger partial charge in [-0.15, -0.1) is 0 Å². The topological polar surface area (TPSA) is 81.4 Å². The van der Waals surface area contributed by atoms with Crippen molar-refractivity contribution in [2.45, 2.75) is 50.1 Å². The summed E-state index contributed by atoms with van der Waals surface area (Å²) < 4.78 is 4.90. The number of hydrogen-bond acceptors (Lipinski definition) is 4. The Hall–Kier alpha value is -1.88. The van der Waals surface area contributed by atoms with Crippen LogP contribution in [0.4, 0.5) is 0 Å². The Bertz CT molecular complexity index is 510. The number of nitrogens with one attached hydrogen (secondary N) is 1. The molecule has 0 heterocycles. The fourth-order valence-electron chi connectivity index (χ4n) is 3.02. The third-order valence-electron chi connectivity index (χ3n) is 4.28. The number of benzene rings is 1. The number of carbonyl (C=O) groups excluding carboxylic acids is 2. The summed E-state index contributed by atoms with van der Waals surface area (Å²) in [5.41, 5.74) is 6.10.